The van der Waals surface area contributed by atoms with Crippen LogP contribution in [0, 0.1) is 13.8 Å². The number of rotatable bonds is 5. The summed E-state index contributed by atoms with van der Waals surface area (Å²) in [7, 11) is 0. The zero-order valence-electron chi connectivity index (χ0n) is 16.6. The minimum absolute atomic E-state index is 0.0518. The van der Waals surface area contributed by atoms with Crippen LogP contribution in [0.3, 0.4) is 0 Å². The molecule has 1 aliphatic rings. The quantitative estimate of drug-likeness (QED) is 0.710. The third-order valence-corrected chi connectivity index (χ3v) is 5.57. The molecule has 0 aliphatic carbocycles. The summed E-state index contributed by atoms with van der Waals surface area (Å²) in [5.74, 6) is -0.977. The molecule has 3 heterocycles. The number of amides is 1. The van der Waals surface area contributed by atoms with Crippen molar-refractivity contribution in [2.24, 2.45) is 0 Å². The van der Waals surface area contributed by atoms with E-state index in [1.54, 1.807) is 4.90 Å². The van der Waals surface area contributed by atoms with E-state index in [9.17, 15) is 9.59 Å². The molecule has 1 amide bonds. The number of carbonyl (C=O) groups is 2. The van der Waals surface area contributed by atoms with E-state index < -0.39 is 12.0 Å². The first kappa shape index (κ1) is 19.3. The number of carboxylic acids is 1. The Balaban J connectivity index is 1.57. The first-order valence-electron chi connectivity index (χ1n) is 9.78. The Morgan fingerprint density at radius 1 is 1.28 bits per heavy atom. The van der Waals surface area contributed by atoms with Gasteiger partial charge in [-0.25, -0.2) is 9.50 Å². The SMILES string of the molecule is Cc1nc2c3ccccc3nn2c(C)c1CCC(=O)N1CCOCC1CC(=O)O. The van der Waals surface area contributed by atoms with Crippen molar-refractivity contribution in [2.75, 3.05) is 19.8 Å². The van der Waals surface area contributed by atoms with Gasteiger partial charge in [0.15, 0.2) is 5.65 Å². The van der Waals surface area contributed by atoms with E-state index in [-0.39, 0.29) is 18.9 Å². The van der Waals surface area contributed by atoms with Crippen LogP contribution in [0.1, 0.15) is 29.8 Å². The second kappa shape index (κ2) is 7.79. The molecule has 1 fully saturated rings. The van der Waals surface area contributed by atoms with Crippen molar-refractivity contribution < 1.29 is 19.4 Å². The molecule has 152 valence electrons. The van der Waals surface area contributed by atoms with E-state index in [0.29, 0.717) is 26.0 Å². The average molecular weight is 396 g/mol. The summed E-state index contributed by atoms with van der Waals surface area (Å²) in [6.45, 7) is 5.08. The van der Waals surface area contributed by atoms with Gasteiger partial charge >= 0.3 is 5.97 Å². The van der Waals surface area contributed by atoms with Crippen LogP contribution in [-0.4, -0.2) is 62.3 Å². The monoisotopic (exact) mass is 396 g/mol. The number of carbonyl (C=O) groups excluding carboxylic acids is 1. The number of aryl methyl sites for hydroxylation is 2. The maximum Gasteiger partial charge on any atom is 0.305 e. The molecule has 1 aromatic carbocycles. The van der Waals surface area contributed by atoms with Gasteiger partial charge in [0.25, 0.3) is 0 Å². The molecule has 8 heteroatoms. The summed E-state index contributed by atoms with van der Waals surface area (Å²) in [6.07, 6.45) is 0.732. The minimum atomic E-state index is -0.926. The van der Waals surface area contributed by atoms with E-state index in [1.165, 1.54) is 0 Å². The van der Waals surface area contributed by atoms with Crippen molar-refractivity contribution >= 4 is 28.4 Å². The lowest BCUT2D eigenvalue weighted by Gasteiger charge is -2.35. The molecule has 1 unspecified atom stereocenters. The van der Waals surface area contributed by atoms with Crippen molar-refractivity contribution in [3.8, 4) is 0 Å². The fraction of sp³-hybridized carbons (Fsp3) is 0.429. The second-order valence-electron chi connectivity index (χ2n) is 7.43. The fourth-order valence-corrected chi connectivity index (χ4v) is 4.07. The lowest BCUT2D eigenvalue weighted by atomic mass is 10.0. The van der Waals surface area contributed by atoms with Crippen LogP contribution < -0.4 is 0 Å². The standard InChI is InChI=1S/C21H24N4O4/c1-13-16(7-8-19(26)24-9-10-29-12-15(24)11-20(27)28)14(2)25-21(22-13)17-5-3-4-6-18(17)23-25/h3-6,15H,7-12H2,1-2H3,(H,27,28). The number of benzene rings is 1. The number of aromatic nitrogens is 3. The van der Waals surface area contributed by atoms with Gasteiger partial charge in [-0.1, -0.05) is 12.1 Å². The molecule has 29 heavy (non-hydrogen) atoms. The van der Waals surface area contributed by atoms with Crippen molar-refractivity contribution in [1.82, 2.24) is 19.5 Å². The Morgan fingerprint density at radius 3 is 2.86 bits per heavy atom. The van der Waals surface area contributed by atoms with Gasteiger partial charge < -0.3 is 14.7 Å². The number of nitrogens with zero attached hydrogens (tertiary/aromatic N) is 4. The molecule has 1 atom stereocenters. The van der Waals surface area contributed by atoms with Crippen LogP contribution in [0.2, 0.25) is 0 Å². The van der Waals surface area contributed by atoms with Gasteiger partial charge in [-0.2, -0.15) is 5.10 Å². The summed E-state index contributed by atoms with van der Waals surface area (Å²) in [4.78, 5) is 30.3. The zero-order valence-corrected chi connectivity index (χ0v) is 16.6. The van der Waals surface area contributed by atoms with Crippen molar-refractivity contribution in [2.45, 2.75) is 39.2 Å². The van der Waals surface area contributed by atoms with Crippen LogP contribution in [-0.2, 0) is 20.7 Å². The highest BCUT2D eigenvalue weighted by Crippen LogP contribution is 2.23. The first-order chi connectivity index (χ1) is 14.0. The summed E-state index contributed by atoms with van der Waals surface area (Å²) < 4.78 is 7.21. The Kier molecular flexibility index (Phi) is 5.19. The molecule has 1 N–H and O–H groups in total. The highest BCUT2D eigenvalue weighted by Gasteiger charge is 2.29. The molecule has 0 bridgehead atoms. The number of aliphatic carboxylic acids is 1. The lowest BCUT2D eigenvalue weighted by molar-refractivity contribution is -0.146. The maximum absolute atomic E-state index is 12.8. The second-order valence-corrected chi connectivity index (χ2v) is 7.43. The van der Waals surface area contributed by atoms with Crippen LogP contribution in [0.4, 0.5) is 0 Å². The molecule has 1 saturated heterocycles. The largest absolute Gasteiger partial charge is 0.481 e. The van der Waals surface area contributed by atoms with Gasteiger partial charge in [0.1, 0.15) is 0 Å². The smallest absolute Gasteiger partial charge is 0.305 e. The van der Waals surface area contributed by atoms with Crippen LogP contribution in [0.5, 0.6) is 0 Å². The van der Waals surface area contributed by atoms with Crippen molar-refractivity contribution in [1.29, 1.82) is 0 Å². The zero-order chi connectivity index (χ0) is 20.5. The number of morpholine rings is 1. The van der Waals surface area contributed by atoms with Crippen molar-refractivity contribution in [3.63, 3.8) is 0 Å². The summed E-state index contributed by atoms with van der Waals surface area (Å²) >= 11 is 0. The molecule has 0 saturated carbocycles. The third kappa shape index (κ3) is 3.67. The van der Waals surface area contributed by atoms with Gasteiger partial charge in [0.2, 0.25) is 5.91 Å². The first-order valence-corrected chi connectivity index (χ1v) is 9.78. The Hall–Kier alpha value is -3.00. The Morgan fingerprint density at radius 2 is 2.07 bits per heavy atom. The van der Waals surface area contributed by atoms with Gasteiger partial charge in [-0.3, -0.25) is 9.59 Å². The summed E-state index contributed by atoms with van der Waals surface area (Å²) in [5, 5.41) is 14.8. The summed E-state index contributed by atoms with van der Waals surface area (Å²) in [5.41, 5.74) is 4.57. The maximum atomic E-state index is 12.8. The van der Waals surface area contributed by atoms with Crippen LogP contribution >= 0.6 is 0 Å². The third-order valence-electron chi connectivity index (χ3n) is 5.57. The number of carboxylic acid groups (broad SMARTS) is 1. The Bertz CT molecular complexity index is 1090. The van der Waals surface area contributed by atoms with Gasteiger partial charge in [-0.05, 0) is 38.0 Å². The molecule has 2 aromatic heterocycles. The fourth-order valence-electron chi connectivity index (χ4n) is 4.07. The molecule has 0 spiro atoms. The van der Waals surface area contributed by atoms with E-state index >= 15 is 0 Å². The number of ether oxygens (including phenoxy) is 1. The molecule has 4 rings (SSSR count). The Labute approximate surface area is 168 Å². The van der Waals surface area contributed by atoms with E-state index in [0.717, 1.165) is 33.5 Å². The van der Waals surface area contributed by atoms with Crippen molar-refractivity contribution in [3.05, 3.63) is 41.2 Å². The minimum Gasteiger partial charge on any atom is -0.481 e. The lowest BCUT2D eigenvalue weighted by Crippen LogP contribution is -2.49. The molecular formula is C21H24N4O4. The number of fused-ring (bicyclic) bond motifs is 3. The van der Waals surface area contributed by atoms with Crippen LogP contribution in [0.25, 0.3) is 16.6 Å². The number of hydrogen-bond acceptors (Lipinski definition) is 5. The molecule has 1 aliphatic heterocycles. The summed E-state index contributed by atoms with van der Waals surface area (Å²) in [6, 6.07) is 7.48. The van der Waals surface area contributed by atoms with E-state index in [4.69, 9.17) is 14.8 Å². The predicted octanol–water partition coefficient (Wildman–Crippen LogP) is 2.13. The van der Waals surface area contributed by atoms with Gasteiger partial charge in [-0.15, -0.1) is 0 Å². The van der Waals surface area contributed by atoms with Gasteiger partial charge in [0.05, 0.1) is 31.2 Å². The molecular weight excluding hydrogens is 372 g/mol. The van der Waals surface area contributed by atoms with E-state index in [2.05, 4.69) is 5.10 Å². The normalized spacial score (nSPS) is 17.2. The topological polar surface area (TPSA) is 97.0 Å². The average Bonchev–Trinajstić information content (AvgIpc) is 3.06. The molecule has 8 nitrogen and oxygen atoms in total. The molecule has 0 radical (unpaired) electrons. The highest BCUT2D eigenvalue weighted by molar-refractivity contribution is 5.92. The predicted molar refractivity (Wildman–Crippen MR) is 107 cm³/mol. The number of hydrogen-bond donors (Lipinski definition) is 1. The van der Waals surface area contributed by atoms with Crippen LogP contribution in [0.15, 0.2) is 24.3 Å². The highest BCUT2D eigenvalue weighted by atomic mass is 16.5. The van der Waals surface area contributed by atoms with Gasteiger partial charge in [0, 0.05) is 29.7 Å². The van der Waals surface area contributed by atoms with E-state index in [1.807, 2.05) is 42.6 Å². The molecule has 3 aromatic rings.